The van der Waals surface area contributed by atoms with Crippen molar-refractivity contribution >= 4 is 17.9 Å². The smallest absolute Gasteiger partial charge is 0.324 e. The number of carbonyl (C=O) groups excluding carboxylic acids is 2. The number of anilines is 1. The molecule has 1 aliphatic rings. The summed E-state index contributed by atoms with van der Waals surface area (Å²) in [6, 6.07) is 3.20. The first-order valence-electron chi connectivity index (χ1n) is 6.46. The van der Waals surface area contributed by atoms with E-state index in [0.29, 0.717) is 38.4 Å². The van der Waals surface area contributed by atoms with Crippen molar-refractivity contribution in [3.63, 3.8) is 0 Å². The number of piperidine rings is 1. The highest BCUT2D eigenvalue weighted by molar-refractivity contribution is 5.88. The molecule has 2 heterocycles. The Morgan fingerprint density at radius 3 is 2.79 bits per heavy atom. The zero-order valence-corrected chi connectivity index (χ0v) is 10.9. The van der Waals surface area contributed by atoms with Crippen molar-refractivity contribution in [2.45, 2.75) is 19.8 Å². The zero-order valence-electron chi connectivity index (χ0n) is 10.9. The second kappa shape index (κ2) is 6.26. The van der Waals surface area contributed by atoms with Crippen molar-refractivity contribution in [3.05, 3.63) is 18.4 Å². The first-order chi connectivity index (χ1) is 9.20. The van der Waals surface area contributed by atoms with Gasteiger partial charge in [0.05, 0.1) is 18.8 Å². The molecule has 0 aromatic carbocycles. The average Bonchev–Trinajstić information content (AvgIpc) is 2.92. The summed E-state index contributed by atoms with van der Waals surface area (Å²) in [7, 11) is 0. The van der Waals surface area contributed by atoms with Crippen LogP contribution in [0.25, 0.3) is 0 Å². The molecule has 2 amide bonds. The average molecular weight is 266 g/mol. The molecule has 1 aliphatic heterocycles. The molecule has 1 fully saturated rings. The first kappa shape index (κ1) is 13.5. The number of amides is 2. The molecule has 1 N–H and O–H groups in total. The third kappa shape index (κ3) is 3.49. The predicted octanol–water partition coefficient (Wildman–Crippen LogP) is 2.09. The lowest BCUT2D eigenvalue weighted by Gasteiger charge is -2.30. The zero-order chi connectivity index (χ0) is 13.7. The van der Waals surface area contributed by atoms with E-state index in [1.54, 1.807) is 24.0 Å². The van der Waals surface area contributed by atoms with Gasteiger partial charge in [0.2, 0.25) is 5.88 Å². The summed E-state index contributed by atoms with van der Waals surface area (Å²) in [5.41, 5.74) is 0. The summed E-state index contributed by atoms with van der Waals surface area (Å²) in [6.07, 6.45) is 2.79. The van der Waals surface area contributed by atoms with Crippen molar-refractivity contribution in [1.82, 2.24) is 4.90 Å². The Labute approximate surface area is 111 Å². The van der Waals surface area contributed by atoms with Crippen LogP contribution in [0.1, 0.15) is 19.8 Å². The quantitative estimate of drug-likeness (QED) is 0.850. The van der Waals surface area contributed by atoms with Crippen molar-refractivity contribution < 1.29 is 18.7 Å². The van der Waals surface area contributed by atoms with E-state index in [1.165, 1.54) is 6.26 Å². The highest BCUT2D eigenvalue weighted by atomic mass is 16.5. The van der Waals surface area contributed by atoms with Crippen LogP contribution in [-0.4, -0.2) is 36.6 Å². The van der Waals surface area contributed by atoms with E-state index < -0.39 is 0 Å². The third-order valence-electron chi connectivity index (χ3n) is 3.15. The van der Waals surface area contributed by atoms with E-state index in [0.717, 1.165) is 0 Å². The summed E-state index contributed by atoms with van der Waals surface area (Å²) in [6.45, 7) is 3.30. The van der Waals surface area contributed by atoms with Gasteiger partial charge in [-0.1, -0.05) is 0 Å². The Bertz CT molecular complexity index is 422. The number of ether oxygens (including phenoxy) is 1. The summed E-state index contributed by atoms with van der Waals surface area (Å²) in [5, 5.41) is 2.66. The van der Waals surface area contributed by atoms with Crippen LogP contribution in [0.2, 0.25) is 0 Å². The fourth-order valence-electron chi connectivity index (χ4n) is 2.11. The number of furan rings is 1. The molecular formula is C13H18N2O4. The van der Waals surface area contributed by atoms with Gasteiger partial charge in [0.1, 0.15) is 0 Å². The molecule has 6 heteroatoms. The largest absolute Gasteiger partial charge is 0.466 e. The summed E-state index contributed by atoms with van der Waals surface area (Å²) >= 11 is 0. The molecule has 0 unspecified atom stereocenters. The van der Waals surface area contributed by atoms with E-state index in [1.807, 2.05) is 0 Å². The molecule has 6 nitrogen and oxygen atoms in total. The van der Waals surface area contributed by atoms with Gasteiger partial charge in [0.15, 0.2) is 0 Å². The Morgan fingerprint density at radius 1 is 1.47 bits per heavy atom. The van der Waals surface area contributed by atoms with Gasteiger partial charge in [-0.05, 0) is 25.8 Å². The van der Waals surface area contributed by atoms with Crippen LogP contribution >= 0.6 is 0 Å². The third-order valence-corrected chi connectivity index (χ3v) is 3.15. The fourth-order valence-corrected chi connectivity index (χ4v) is 2.11. The second-order valence-electron chi connectivity index (χ2n) is 4.42. The summed E-state index contributed by atoms with van der Waals surface area (Å²) in [4.78, 5) is 25.2. The molecule has 1 saturated heterocycles. The van der Waals surface area contributed by atoms with E-state index in [9.17, 15) is 9.59 Å². The number of rotatable bonds is 3. The van der Waals surface area contributed by atoms with Gasteiger partial charge in [-0.3, -0.25) is 10.1 Å². The minimum atomic E-state index is -0.197. The SMILES string of the molecule is CCOC(=O)C1CCN(C(=O)Nc2ccco2)CC1. The van der Waals surface area contributed by atoms with Crippen LogP contribution in [-0.2, 0) is 9.53 Å². The number of nitrogens with one attached hydrogen (secondary N) is 1. The minimum Gasteiger partial charge on any atom is -0.466 e. The molecule has 1 aromatic heterocycles. The van der Waals surface area contributed by atoms with Crippen LogP contribution in [0.4, 0.5) is 10.7 Å². The van der Waals surface area contributed by atoms with Crippen LogP contribution in [0, 0.1) is 5.92 Å². The number of hydrogen-bond donors (Lipinski definition) is 1. The fraction of sp³-hybridized carbons (Fsp3) is 0.538. The summed E-state index contributed by atoms with van der Waals surface area (Å²) in [5.74, 6) is 0.179. The number of carbonyl (C=O) groups is 2. The predicted molar refractivity (Wildman–Crippen MR) is 68.7 cm³/mol. The molecule has 2 rings (SSSR count). The Balaban J connectivity index is 1.79. The molecule has 0 aliphatic carbocycles. The molecule has 1 aromatic rings. The molecule has 0 radical (unpaired) electrons. The van der Waals surface area contributed by atoms with E-state index >= 15 is 0 Å². The summed E-state index contributed by atoms with van der Waals surface area (Å²) < 4.78 is 10.0. The molecule has 104 valence electrons. The normalized spacial score (nSPS) is 16.2. The lowest BCUT2D eigenvalue weighted by molar-refractivity contribution is -0.149. The van der Waals surface area contributed by atoms with E-state index in [-0.39, 0.29) is 17.9 Å². The molecule has 0 saturated carbocycles. The van der Waals surface area contributed by atoms with Crippen molar-refractivity contribution in [2.24, 2.45) is 5.92 Å². The van der Waals surface area contributed by atoms with Crippen LogP contribution in [0.15, 0.2) is 22.8 Å². The maximum absolute atomic E-state index is 11.9. The number of nitrogens with zero attached hydrogens (tertiary/aromatic N) is 1. The van der Waals surface area contributed by atoms with Gasteiger partial charge in [0, 0.05) is 19.2 Å². The topological polar surface area (TPSA) is 71.8 Å². The molecular weight excluding hydrogens is 248 g/mol. The lowest BCUT2D eigenvalue weighted by Crippen LogP contribution is -2.42. The number of likely N-dealkylation sites (tertiary alicyclic amines) is 1. The minimum absolute atomic E-state index is 0.0902. The number of urea groups is 1. The van der Waals surface area contributed by atoms with E-state index in [2.05, 4.69) is 5.32 Å². The van der Waals surface area contributed by atoms with Crippen LogP contribution < -0.4 is 5.32 Å². The van der Waals surface area contributed by atoms with Gasteiger partial charge in [-0.25, -0.2) is 4.79 Å². The van der Waals surface area contributed by atoms with Gasteiger partial charge in [0.25, 0.3) is 0 Å². The van der Waals surface area contributed by atoms with Gasteiger partial charge in [-0.15, -0.1) is 0 Å². The molecule has 0 bridgehead atoms. The molecule has 0 atom stereocenters. The first-order valence-corrected chi connectivity index (χ1v) is 6.46. The highest BCUT2D eigenvalue weighted by Gasteiger charge is 2.28. The molecule has 19 heavy (non-hydrogen) atoms. The highest BCUT2D eigenvalue weighted by Crippen LogP contribution is 2.19. The van der Waals surface area contributed by atoms with Gasteiger partial charge in [-0.2, -0.15) is 0 Å². The maximum atomic E-state index is 11.9. The standard InChI is InChI=1S/C13H18N2O4/c1-2-18-12(16)10-5-7-15(8-6-10)13(17)14-11-4-3-9-19-11/h3-4,9-10H,2,5-8H2,1H3,(H,14,17). The Kier molecular flexibility index (Phi) is 4.43. The van der Waals surface area contributed by atoms with Gasteiger partial charge < -0.3 is 14.1 Å². The number of esters is 1. The van der Waals surface area contributed by atoms with Crippen LogP contribution in [0.5, 0.6) is 0 Å². The Hall–Kier alpha value is -1.98. The van der Waals surface area contributed by atoms with Crippen molar-refractivity contribution in [2.75, 3.05) is 25.0 Å². The van der Waals surface area contributed by atoms with Crippen molar-refractivity contribution in [3.8, 4) is 0 Å². The van der Waals surface area contributed by atoms with Gasteiger partial charge >= 0.3 is 12.0 Å². The Morgan fingerprint density at radius 2 is 2.21 bits per heavy atom. The number of hydrogen-bond acceptors (Lipinski definition) is 4. The lowest BCUT2D eigenvalue weighted by atomic mass is 9.97. The second-order valence-corrected chi connectivity index (χ2v) is 4.42. The van der Waals surface area contributed by atoms with Crippen molar-refractivity contribution in [1.29, 1.82) is 0 Å². The molecule has 0 spiro atoms. The maximum Gasteiger partial charge on any atom is 0.324 e. The monoisotopic (exact) mass is 266 g/mol. The van der Waals surface area contributed by atoms with E-state index in [4.69, 9.17) is 9.15 Å². The van der Waals surface area contributed by atoms with Crippen LogP contribution in [0.3, 0.4) is 0 Å².